The summed E-state index contributed by atoms with van der Waals surface area (Å²) in [5, 5.41) is 1.66. The van der Waals surface area contributed by atoms with Crippen LogP contribution in [0.25, 0.3) is 0 Å². The van der Waals surface area contributed by atoms with Gasteiger partial charge in [-0.1, -0.05) is 64.1 Å². The first-order chi connectivity index (χ1) is 9.49. The van der Waals surface area contributed by atoms with E-state index in [9.17, 15) is 0 Å². The van der Waals surface area contributed by atoms with Crippen molar-refractivity contribution in [3.05, 3.63) is 47.5 Å². The lowest BCUT2D eigenvalue weighted by Crippen LogP contribution is -2.29. The first kappa shape index (κ1) is 13.3. The normalized spacial score (nSPS) is 40.7. The molecule has 4 unspecified atom stereocenters. The quantitative estimate of drug-likeness (QED) is 0.556. The van der Waals surface area contributed by atoms with E-state index in [0.717, 1.165) is 16.4 Å². The van der Waals surface area contributed by atoms with E-state index in [1.54, 1.807) is 0 Å². The van der Waals surface area contributed by atoms with Crippen molar-refractivity contribution >= 4 is 23.5 Å². The highest BCUT2D eigenvalue weighted by atomic mass is 32.2. The molecule has 0 bridgehead atoms. The summed E-state index contributed by atoms with van der Waals surface area (Å²) in [6.07, 6.45) is 5.04. The molecule has 0 N–H and O–H groups in total. The molecule has 3 aliphatic rings. The van der Waals surface area contributed by atoms with Gasteiger partial charge in [-0.25, -0.2) is 0 Å². The SMILES string of the molecule is CC(C)c1ccc(C23C=CC4(C(C)C)SC4C2S3)cc1. The van der Waals surface area contributed by atoms with Crippen LogP contribution in [0, 0.1) is 5.92 Å². The Kier molecular flexibility index (Phi) is 2.74. The fourth-order valence-electron chi connectivity index (χ4n) is 3.58. The Morgan fingerprint density at radius 1 is 0.900 bits per heavy atom. The molecule has 0 aromatic heterocycles. The molecular formula is C18H22S2. The van der Waals surface area contributed by atoms with Crippen molar-refractivity contribution in [2.45, 2.75) is 53.6 Å². The Balaban J connectivity index is 1.64. The number of rotatable bonds is 3. The molecule has 106 valence electrons. The van der Waals surface area contributed by atoms with Gasteiger partial charge in [0.1, 0.15) is 0 Å². The molecule has 1 aromatic carbocycles. The van der Waals surface area contributed by atoms with Gasteiger partial charge in [-0.15, -0.1) is 23.5 Å². The third-order valence-electron chi connectivity index (χ3n) is 5.20. The molecule has 1 aliphatic carbocycles. The standard InChI is InChI=1S/C18H22S2/c1-11(2)13-5-7-14(8-6-13)18-10-9-17(12(3)4)15(19-17)16(18)20-18/h5-12,15-16H,1-4H3. The minimum Gasteiger partial charge on any atom is -0.143 e. The van der Waals surface area contributed by atoms with Crippen LogP contribution in [0.5, 0.6) is 0 Å². The first-order valence-corrected chi connectivity index (χ1v) is 9.42. The van der Waals surface area contributed by atoms with Gasteiger partial charge in [-0.05, 0) is 23.0 Å². The highest BCUT2D eigenvalue weighted by Gasteiger charge is 2.73. The molecule has 0 nitrogen and oxygen atoms in total. The Morgan fingerprint density at radius 3 is 2.20 bits per heavy atom. The predicted octanol–water partition coefficient (Wildman–Crippen LogP) is 5.20. The summed E-state index contributed by atoms with van der Waals surface area (Å²) in [5.74, 6) is 1.38. The van der Waals surface area contributed by atoms with Crippen LogP contribution in [0.3, 0.4) is 0 Å². The minimum absolute atomic E-state index is 0.308. The largest absolute Gasteiger partial charge is 0.143 e. The van der Waals surface area contributed by atoms with E-state index in [1.807, 2.05) is 0 Å². The Bertz CT molecular complexity index is 572. The Morgan fingerprint density at radius 2 is 1.60 bits per heavy atom. The van der Waals surface area contributed by atoms with Crippen LogP contribution in [0.15, 0.2) is 36.4 Å². The zero-order chi connectivity index (χ0) is 14.1. The maximum Gasteiger partial charge on any atom is 0.0722 e. The van der Waals surface area contributed by atoms with Gasteiger partial charge in [0.2, 0.25) is 0 Å². The molecule has 2 fully saturated rings. The van der Waals surface area contributed by atoms with Crippen LogP contribution < -0.4 is 0 Å². The van der Waals surface area contributed by atoms with Gasteiger partial charge in [-0.3, -0.25) is 0 Å². The van der Waals surface area contributed by atoms with Crippen molar-refractivity contribution in [2.24, 2.45) is 5.92 Å². The number of hydrogen-bond donors (Lipinski definition) is 0. The molecule has 0 radical (unpaired) electrons. The second kappa shape index (κ2) is 4.10. The maximum absolute atomic E-state index is 2.53. The lowest BCUT2D eigenvalue weighted by molar-refractivity contribution is 0.523. The molecule has 0 amide bonds. The summed E-state index contributed by atoms with van der Waals surface area (Å²) in [6, 6.07) is 9.37. The van der Waals surface area contributed by atoms with Gasteiger partial charge < -0.3 is 0 Å². The topological polar surface area (TPSA) is 0 Å². The number of benzene rings is 1. The van der Waals surface area contributed by atoms with Crippen LogP contribution in [0.1, 0.15) is 44.7 Å². The zero-order valence-electron chi connectivity index (χ0n) is 12.6. The molecule has 4 rings (SSSR count). The second-order valence-corrected chi connectivity index (χ2v) is 9.86. The molecule has 2 heterocycles. The highest BCUT2D eigenvalue weighted by Crippen LogP contribution is 2.78. The van der Waals surface area contributed by atoms with Crippen LogP contribution in [0.4, 0.5) is 0 Å². The predicted molar refractivity (Wildman–Crippen MR) is 91.7 cm³/mol. The third kappa shape index (κ3) is 1.64. The molecule has 4 atom stereocenters. The average molecular weight is 303 g/mol. The third-order valence-corrected chi connectivity index (χ3v) is 8.97. The summed E-state index contributed by atoms with van der Waals surface area (Å²) in [4.78, 5) is 0. The van der Waals surface area contributed by atoms with Gasteiger partial charge in [0.15, 0.2) is 0 Å². The molecule has 2 heteroatoms. The monoisotopic (exact) mass is 302 g/mol. The summed E-state index contributed by atoms with van der Waals surface area (Å²) in [5.41, 5.74) is 2.96. The van der Waals surface area contributed by atoms with Crippen LogP contribution in [-0.4, -0.2) is 15.2 Å². The fraction of sp³-hybridized carbons (Fsp3) is 0.556. The molecule has 2 saturated heterocycles. The lowest BCUT2D eigenvalue weighted by Gasteiger charge is -2.22. The smallest absolute Gasteiger partial charge is 0.0722 e. The van der Waals surface area contributed by atoms with E-state index in [-0.39, 0.29) is 0 Å². The van der Waals surface area contributed by atoms with Gasteiger partial charge in [-0.2, -0.15) is 0 Å². The molecule has 0 spiro atoms. The van der Waals surface area contributed by atoms with Gasteiger partial charge in [0.25, 0.3) is 0 Å². The minimum atomic E-state index is 0.308. The first-order valence-electron chi connectivity index (χ1n) is 7.66. The Hall–Kier alpha value is -0.340. The molecule has 20 heavy (non-hydrogen) atoms. The van der Waals surface area contributed by atoms with Crippen molar-refractivity contribution in [1.82, 2.24) is 0 Å². The van der Waals surface area contributed by atoms with Gasteiger partial charge >= 0.3 is 0 Å². The maximum atomic E-state index is 2.53. The van der Waals surface area contributed by atoms with E-state index in [2.05, 4.69) is 87.6 Å². The van der Waals surface area contributed by atoms with E-state index in [1.165, 1.54) is 11.1 Å². The van der Waals surface area contributed by atoms with Gasteiger partial charge in [0.05, 0.1) is 4.75 Å². The van der Waals surface area contributed by atoms with E-state index in [0.29, 0.717) is 15.4 Å². The van der Waals surface area contributed by atoms with Crippen molar-refractivity contribution in [3.63, 3.8) is 0 Å². The molecule has 2 aliphatic heterocycles. The number of thioether (sulfide) groups is 2. The van der Waals surface area contributed by atoms with Crippen molar-refractivity contribution in [3.8, 4) is 0 Å². The molecular weight excluding hydrogens is 280 g/mol. The zero-order valence-corrected chi connectivity index (χ0v) is 14.2. The van der Waals surface area contributed by atoms with Crippen LogP contribution in [0.2, 0.25) is 0 Å². The van der Waals surface area contributed by atoms with Crippen molar-refractivity contribution in [1.29, 1.82) is 0 Å². The van der Waals surface area contributed by atoms with Crippen molar-refractivity contribution < 1.29 is 0 Å². The van der Waals surface area contributed by atoms with Crippen molar-refractivity contribution in [2.75, 3.05) is 0 Å². The van der Waals surface area contributed by atoms with Gasteiger partial charge in [0, 0.05) is 15.2 Å². The summed E-state index contributed by atoms with van der Waals surface area (Å²) < 4.78 is 0.775. The second-order valence-electron chi connectivity index (χ2n) is 6.99. The number of fused-ring (bicyclic) bond motifs is 3. The summed E-state index contributed by atoms with van der Waals surface area (Å²) in [7, 11) is 0. The molecule has 0 saturated carbocycles. The van der Waals surface area contributed by atoms with E-state index < -0.39 is 0 Å². The lowest BCUT2D eigenvalue weighted by atomic mass is 9.80. The summed E-state index contributed by atoms with van der Waals surface area (Å²) >= 11 is 4.37. The highest BCUT2D eigenvalue weighted by molar-refractivity contribution is 8.14. The summed E-state index contributed by atoms with van der Waals surface area (Å²) in [6.45, 7) is 9.27. The van der Waals surface area contributed by atoms with Crippen LogP contribution in [-0.2, 0) is 4.75 Å². The Labute approximate surface area is 130 Å². The fourth-order valence-corrected chi connectivity index (χ4v) is 7.18. The van der Waals surface area contributed by atoms with Crippen LogP contribution >= 0.6 is 23.5 Å². The van der Waals surface area contributed by atoms with E-state index in [4.69, 9.17) is 0 Å². The van der Waals surface area contributed by atoms with E-state index >= 15 is 0 Å². The molecule has 1 aromatic rings. The average Bonchev–Trinajstić information content (AvgIpc) is 3.30. The number of hydrogen-bond acceptors (Lipinski definition) is 2.